The molecule has 0 aliphatic carbocycles. The highest BCUT2D eigenvalue weighted by Gasteiger charge is 2.20. The Morgan fingerprint density at radius 1 is 0.375 bits per heavy atom. The van der Waals surface area contributed by atoms with Gasteiger partial charge in [0.2, 0.25) is 5.91 Å². The summed E-state index contributed by atoms with van der Waals surface area (Å²) in [5, 5.41) is 23.3. The van der Waals surface area contributed by atoms with Crippen LogP contribution in [0, 0.1) is 0 Å². The summed E-state index contributed by atoms with van der Waals surface area (Å²) < 4.78 is 5.50. The maximum absolute atomic E-state index is 12.5. The molecule has 0 radical (unpaired) electrons. The van der Waals surface area contributed by atoms with E-state index >= 15 is 0 Å². The molecule has 6 heteroatoms. The zero-order valence-corrected chi connectivity index (χ0v) is 48.9. The third-order valence-corrected chi connectivity index (χ3v) is 15.6. The van der Waals surface area contributed by atoms with E-state index in [1.165, 1.54) is 295 Å². The van der Waals surface area contributed by atoms with E-state index in [-0.39, 0.29) is 18.5 Å². The van der Waals surface area contributed by atoms with Crippen molar-refractivity contribution in [1.29, 1.82) is 0 Å². The Balaban J connectivity index is 3.34. The highest BCUT2D eigenvalue weighted by atomic mass is 16.5. The minimum atomic E-state index is -0.662. The van der Waals surface area contributed by atoms with Crippen molar-refractivity contribution in [3.8, 4) is 0 Å². The highest BCUT2D eigenvalue weighted by Crippen LogP contribution is 2.19. The fraction of sp³-hybridized carbons (Fsp3) is 0.939. The van der Waals surface area contributed by atoms with Crippen molar-refractivity contribution >= 4 is 11.9 Å². The van der Waals surface area contributed by atoms with Gasteiger partial charge in [0.05, 0.1) is 25.4 Å². The first kappa shape index (κ1) is 70.6. The first-order valence-electron chi connectivity index (χ1n) is 32.9. The van der Waals surface area contributed by atoms with Gasteiger partial charge in [-0.2, -0.15) is 0 Å². The Morgan fingerprint density at radius 3 is 0.986 bits per heavy atom. The normalized spacial score (nSPS) is 12.6. The van der Waals surface area contributed by atoms with Crippen molar-refractivity contribution in [1.82, 2.24) is 5.32 Å². The van der Waals surface area contributed by atoms with Crippen LogP contribution in [0.3, 0.4) is 0 Å². The number of aliphatic hydroxyl groups is 2. The Hall–Kier alpha value is -1.40. The van der Waals surface area contributed by atoms with Gasteiger partial charge in [-0.3, -0.25) is 9.59 Å². The standard InChI is InChI=1S/C66H129NO5/c1-3-5-7-9-11-13-15-17-19-28-32-36-40-44-48-52-56-60-66(71)72-61-57-53-49-45-41-37-33-30-27-25-23-21-20-22-24-26-29-31-35-39-43-47-51-55-59-65(70)67-63(62-68)64(69)58-54-50-46-42-38-34-18-16-14-12-10-8-6-4-2/h17,19,63-64,68-69H,3-16,18,20-62H2,1-2H3,(H,67,70)/b19-17-. The van der Waals surface area contributed by atoms with Crippen LogP contribution >= 0.6 is 0 Å². The van der Waals surface area contributed by atoms with Crippen molar-refractivity contribution in [3.05, 3.63) is 12.2 Å². The lowest BCUT2D eigenvalue weighted by molar-refractivity contribution is -0.143. The number of ether oxygens (including phenoxy) is 1. The summed E-state index contributed by atoms with van der Waals surface area (Å²) in [5.41, 5.74) is 0. The number of hydrogen-bond donors (Lipinski definition) is 3. The smallest absolute Gasteiger partial charge is 0.305 e. The third-order valence-electron chi connectivity index (χ3n) is 15.6. The Morgan fingerprint density at radius 2 is 0.653 bits per heavy atom. The number of unbranched alkanes of at least 4 members (excludes halogenated alkanes) is 49. The molecular formula is C66H129NO5. The lowest BCUT2D eigenvalue weighted by atomic mass is 10.0. The molecule has 0 saturated carbocycles. The average molecular weight is 1020 g/mol. The summed E-state index contributed by atoms with van der Waals surface area (Å²) in [6.45, 7) is 4.98. The number of carbonyl (C=O) groups is 2. The Kier molecular flexibility index (Phi) is 60.9. The van der Waals surface area contributed by atoms with Crippen LogP contribution in [0.4, 0.5) is 0 Å². The molecule has 2 atom stereocenters. The van der Waals surface area contributed by atoms with Gasteiger partial charge in [0.1, 0.15) is 0 Å². The van der Waals surface area contributed by atoms with Crippen LogP contribution in [0.15, 0.2) is 12.2 Å². The van der Waals surface area contributed by atoms with Crippen LogP contribution in [0.1, 0.15) is 373 Å². The largest absolute Gasteiger partial charge is 0.466 e. The van der Waals surface area contributed by atoms with Crippen LogP contribution in [0.5, 0.6) is 0 Å². The predicted molar refractivity (Wildman–Crippen MR) is 315 cm³/mol. The number of amides is 1. The van der Waals surface area contributed by atoms with E-state index in [1.54, 1.807) is 0 Å². The predicted octanol–water partition coefficient (Wildman–Crippen LogP) is 20.8. The van der Waals surface area contributed by atoms with Crippen molar-refractivity contribution in [3.63, 3.8) is 0 Å². The fourth-order valence-corrected chi connectivity index (χ4v) is 10.5. The molecule has 0 heterocycles. The van der Waals surface area contributed by atoms with Crippen LogP contribution in [-0.2, 0) is 14.3 Å². The number of aliphatic hydroxyl groups excluding tert-OH is 2. The maximum atomic E-state index is 12.5. The molecule has 72 heavy (non-hydrogen) atoms. The van der Waals surface area contributed by atoms with Crippen molar-refractivity contribution in [2.24, 2.45) is 0 Å². The second kappa shape index (κ2) is 62.1. The molecule has 0 fully saturated rings. The molecule has 6 nitrogen and oxygen atoms in total. The number of allylic oxidation sites excluding steroid dienone is 2. The molecule has 0 bridgehead atoms. The van der Waals surface area contributed by atoms with Gasteiger partial charge in [0.25, 0.3) is 0 Å². The SMILES string of the molecule is CCCCCCCC/C=C\CCCCCCCCCC(=O)OCCCCCCCCCCCCCCCCCCCCCCCCCCC(=O)NC(CO)C(O)CCCCCCCCCCCCCCCC. The number of rotatable bonds is 62. The number of carbonyl (C=O) groups excluding carboxylic acids is 2. The lowest BCUT2D eigenvalue weighted by Crippen LogP contribution is -2.45. The molecule has 0 aliphatic rings. The zero-order valence-electron chi connectivity index (χ0n) is 48.9. The monoisotopic (exact) mass is 1020 g/mol. The van der Waals surface area contributed by atoms with Crippen molar-refractivity contribution < 1.29 is 24.5 Å². The van der Waals surface area contributed by atoms with Gasteiger partial charge < -0.3 is 20.3 Å². The molecule has 0 spiro atoms. The molecule has 428 valence electrons. The minimum Gasteiger partial charge on any atom is -0.466 e. The molecule has 0 saturated heterocycles. The quantitative estimate of drug-likeness (QED) is 0.0320. The molecule has 2 unspecified atom stereocenters. The molecule has 0 aliphatic heterocycles. The zero-order chi connectivity index (χ0) is 52.2. The van der Waals surface area contributed by atoms with Gasteiger partial charge in [0.15, 0.2) is 0 Å². The van der Waals surface area contributed by atoms with Gasteiger partial charge in [0, 0.05) is 12.8 Å². The second-order valence-electron chi connectivity index (χ2n) is 22.8. The highest BCUT2D eigenvalue weighted by molar-refractivity contribution is 5.76. The summed E-state index contributed by atoms with van der Waals surface area (Å²) in [5.74, 6) is -0.0184. The van der Waals surface area contributed by atoms with Gasteiger partial charge in [-0.05, 0) is 51.4 Å². The summed E-state index contributed by atoms with van der Waals surface area (Å²) in [4.78, 5) is 24.6. The van der Waals surface area contributed by atoms with Gasteiger partial charge in [-0.15, -0.1) is 0 Å². The first-order valence-corrected chi connectivity index (χ1v) is 32.9. The molecule has 0 aromatic rings. The third kappa shape index (κ3) is 57.9. The van der Waals surface area contributed by atoms with E-state index < -0.39 is 12.1 Å². The lowest BCUT2D eigenvalue weighted by Gasteiger charge is -2.22. The summed E-state index contributed by atoms with van der Waals surface area (Å²) >= 11 is 0. The van der Waals surface area contributed by atoms with E-state index in [0.29, 0.717) is 25.9 Å². The van der Waals surface area contributed by atoms with Crippen molar-refractivity contribution in [2.45, 2.75) is 386 Å². The maximum Gasteiger partial charge on any atom is 0.305 e. The van der Waals surface area contributed by atoms with E-state index in [2.05, 4.69) is 31.3 Å². The van der Waals surface area contributed by atoms with E-state index in [9.17, 15) is 19.8 Å². The molecule has 0 rings (SSSR count). The average Bonchev–Trinajstić information content (AvgIpc) is 3.38. The van der Waals surface area contributed by atoms with E-state index in [0.717, 1.165) is 44.9 Å². The molecular weight excluding hydrogens is 887 g/mol. The van der Waals surface area contributed by atoms with Gasteiger partial charge in [-0.1, -0.05) is 321 Å². The number of esters is 1. The number of hydrogen-bond acceptors (Lipinski definition) is 5. The first-order chi connectivity index (χ1) is 35.5. The fourth-order valence-electron chi connectivity index (χ4n) is 10.5. The summed E-state index contributed by atoms with van der Waals surface area (Å²) in [6.07, 6.45) is 75.2. The Labute approximate surface area is 450 Å². The van der Waals surface area contributed by atoms with Gasteiger partial charge >= 0.3 is 5.97 Å². The molecule has 3 N–H and O–H groups in total. The van der Waals surface area contributed by atoms with E-state index in [1.807, 2.05) is 0 Å². The summed E-state index contributed by atoms with van der Waals surface area (Å²) in [7, 11) is 0. The van der Waals surface area contributed by atoms with Crippen LogP contribution in [0.25, 0.3) is 0 Å². The molecule has 1 amide bonds. The van der Waals surface area contributed by atoms with Crippen LogP contribution in [0.2, 0.25) is 0 Å². The van der Waals surface area contributed by atoms with Crippen LogP contribution < -0.4 is 5.32 Å². The van der Waals surface area contributed by atoms with Crippen LogP contribution in [-0.4, -0.2) is 47.4 Å². The van der Waals surface area contributed by atoms with Gasteiger partial charge in [-0.25, -0.2) is 0 Å². The Bertz CT molecular complexity index is 1080. The summed E-state index contributed by atoms with van der Waals surface area (Å²) in [6, 6.07) is -0.539. The van der Waals surface area contributed by atoms with E-state index in [4.69, 9.17) is 4.74 Å². The number of nitrogens with one attached hydrogen (secondary N) is 1. The topological polar surface area (TPSA) is 95.9 Å². The minimum absolute atomic E-state index is 0.0130. The van der Waals surface area contributed by atoms with Crippen molar-refractivity contribution in [2.75, 3.05) is 13.2 Å². The molecule has 0 aromatic carbocycles. The molecule has 0 aromatic heterocycles. The second-order valence-corrected chi connectivity index (χ2v) is 22.8.